The van der Waals surface area contributed by atoms with Crippen LogP contribution in [0.15, 0.2) is 51.0 Å². The summed E-state index contributed by atoms with van der Waals surface area (Å²) in [4.78, 5) is 7.59. The Hall–Kier alpha value is -1.90. The maximum Gasteiger partial charge on any atom is 0.191 e. The third-order valence-corrected chi connectivity index (χ3v) is 7.14. The third-order valence-electron chi connectivity index (χ3n) is 5.28. The first-order valence-corrected chi connectivity index (χ1v) is 13.3. The number of hydrogen-bond acceptors (Lipinski definition) is 5. The van der Waals surface area contributed by atoms with Gasteiger partial charge in [0.15, 0.2) is 15.8 Å². The molecule has 0 aliphatic carbocycles. The summed E-state index contributed by atoms with van der Waals surface area (Å²) in [5.74, 6) is 0.863. The molecule has 1 aliphatic heterocycles. The van der Waals surface area contributed by atoms with Crippen LogP contribution in [-0.2, 0) is 22.8 Å². The van der Waals surface area contributed by atoms with E-state index in [2.05, 4.69) is 39.3 Å². The second kappa shape index (κ2) is 10.9. The van der Waals surface area contributed by atoms with Crippen LogP contribution in [0.5, 0.6) is 0 Å². The molecular formula is C22H32N4O2S2. The standard InChI is InChI=1S/C22H32N4O2S2/c1-3-23-22(24-12-8-18-4-6-21(7-5-18)30(2,27)28)25-20-9-13-26(14-10-20)16-19-11-15-29-17-19/h4-7,11,15,17,20H,3,8-10,12-14,16H2,1-2H3,(H2,23,24,25). The van der Waals surface area contributed by atoms with Gasteiger partial charge in [-0.15, -0.1) is 0 Å². The number of guanidine groups is 1. The zero-order chi connectivity index (χ0) is 21.4. The Morgan fingerprint density at radius 1 is 1.17 bits per heavy atom. The Morgan fingerprint density at radius 2 is 1.90 bits per heavy atom. The van der Waals surface area contributed by atoms with Crippen molar-refractivity contribution >= 4 is 27.1 Å². The van der Waals surface area contributed by atoms with E-state index in [0.29, 0.717) is 17.5 Å². The highest BCUT2D eigenvalue weighted by Crippen LogP contribution is 2.15. The Labute approximate surface area is 184 Å². The summed E-state index contributed by atoms with van der Waals surface area (Å²) in [5, 5.41) is 11.3. The summed E-state index contributed by atoms with van der Waals surface area (Å²) in [6, 6.07) is 9.73. The first-order valence-electron chi connectivity index (χ1n) is 10.5. The molecule has 1 fully saturated rings. The molecule has 0 atom stereocenters. The molecule has 1 aromatic carbocycles. The number of thiophene rings is 1. The van der Waals surface area contributed by atoms with Gasteiger partial charge in [-0.1, -0.05) is 12.1 Å². The van der Waals surface area contributed by atoms with Gasteiger partial charge in [0.05, 0.1) is 4.90 Å². The molecule has 6 nitrogen and oxygen atoms in total. The highest BCUT2D eigenvalue weighted by molar-refractivity contribution is 7.90. The van der Waals surface area contributed by atoms with Crippen LogP contribution in [0.2, 0.25) is 0 Å². The zero-order valence-corrected chi connectivity index (χ0v) is 19.4. The summed E-state index contributed by atoms with van der Waals surface area (Å²) in [7, 11) is -3.15. The fourth-order valence-electron chi connectivity index (χ4n) is 3.59. The van der Waals surface area contributed by atoms with Crippen LogP contribution in [0, 0.1) is 0 Å². The topological polar surface area (TPSA) is 73.8 Å². The Morgan fingerprint density at radius 3 is 2.50 bits per heavy atom. The number of piperidine rings is 1. The largest absolute Gasteiger partial charge is 0.357 e. The molecule has 0 amide bonds. The van der Waals surface area contributed by atoms with Gasteiger partial charge in [0.25, 0.3) is 0 Å². The molecule has 2 aromatic rings. The molecular weight excluding hydrogens is 416 g/mol. The average Bonchev–Trinajstić information content (AvgIpc) is 3.22. The van der Waals surface area contributed by atoms with Gasteiger partial charge in [0.1, 0.15) is 0 Å². The van der Waals surface area contributed by atoms with Crippen LogP contribution in [0.4, 0.5) is 0 Å². The SMILES string of the molecule is CCNC(=NCCc1ccc(S(C)(=O)=O)cc1)NC1CCN(Cc2ccsc2)CC1. The molecule has 3 rings (SSSR count). The Balaban J connectivity index is 1.46. The highest BCUT2D eigenvalue weighted by atomic mass is 32.2. The summed E-state index contributed by atoms with van der Waals surface area (Å²) >= 11 is 1.76. The molecule has 0 bridgehead atoms. The summed E-state index contributed by atoms with van der Waals surface area (Å²) < 4.78 is 23.1. The fourth-order valence-corrected chi connectivity index (χ4v) is 4.88. The predicted octanol–water partition coefficient (Wildman–Crippen LogP) is 2.91. The zero-order valence-electron chi connectivity index (χ0n) is 17.8. The Kier molecular flexibility index (Phi) is 8.30. The van der Waals surface area contributed by atoms with Crippen LogP contribution in [0.3, 0.4) is 0 Å². The number of sulfone groups is 1. The van der Waals surface area contributed by atoms with Crippen molar-refractivity contribution in [1.82, 2.24) is 15.5 Å². The van der Waals surface area contributed by atoms with E-state index < -0.39 is 9.84 Å². The number of hydrogen-bond donors (Lipinski definition) is 2. The molecule has 0 saturated carbocycles. The lowest BCUT2D eigenvalue weighted by atomic mass is 10.0. The number of benzene rings is 1. The molecule has 2 N–H and O–H groups in total. The van der Waals surface area contributed by atoms with Crippen molar-refractivity contribution in [1.29, 1.82) is 0 Å². The van der Waals surface area contributed by atoms with E-state index in [4.69, 9.17) is 4.99 Å². The number of rotatable bonds is 8. The van der Waals surface area contributed by atoms with E-state index in [-0.39, 0.29) is 0 Å². The van der Waals surface area contributed by atoms with E-state index >= 15 is 0 Å². The smallest absolute Gasteiger partial charge is 0.191 e. The van der Waals surface area contributed by atoms with Crippen molar-refractivity contribution in [2.75, 3.05) is 32.4 Å². The van der Waals surface area contributed by atoms with Gasteiger partial charge in [0, 0.05) is 45.0 Å². The molecule has 2 heterocycles. The van der Waals surface area contributed by atoms with Gasteiger partial charge in [-0.25, -0.2) is 8.42 Å². The van der Waals surface area contributed by atoms with Gasteiger partial charge in [0.2, 0.25) is 0 Å². The molecule has 0 spiro atoms. The highest BCUT2D eigenvalue weighted by Gasteiger charge is 2.20. The Bertz CT molecular complexity index is 901. The van der Waals surface area contributed by atoms with Crippen molar-refractivity contribution in [3.8, 4) is 0 Å². The molecule has 30 heavy (non-hydrogen) atoms. The van der Waals surface area contributed by atoms with Crippen LogP contribution < -0.4 is 10.6 Å². The number of nitrogens with zero attached hydrogens (tertiary/aromatic N) is 2. The number of nitrogens with one attached hydrogen (secondary N) is 2. The molecule has 164 valence electrons. The molecule has 1 aromatic heterocycles. The van der Waals surface area contributed by atoms with Gasteiger partial charge in [-0.3, -0.25) is 9.89 Å². The van der Waals surface area contributed by atoms with Gasteiger partial charge in [-0.05, 0) is 66.3 Å². The molecule has 0 unspecified atom stereocenters. The maximum absolute atomic E-state index is 11.6. The van der Waals surface area contributed by atoms with Crippen molar-refractivity contribution in [3.05, 3.63) is 52.2 Å². The first kappa shape index (κ1) is 22.8. The summed E-state index contributed by atoms with van der Waals surface area (Å²) in [6.45, 7) is 6.79. The summed E-state index contributed by atoms with van der Waals surface area (Å²) in [5.41, 5.74) is 2.50. The predicted molar refractivity (Wildman–Crippen MR) is 125 cm³/mol. The van der Waals surface area contributed by atoms with Crippen LogP contribution in [-0.4, -0.2) is 57.8 Å². The van der Waals surface area contributed by atoms with Crippen molar-refractivity contribution in [2.24, 2.45) is 4.99 Å². The minimum atomic E-state index is -3.15. The number of aliphatic imine (C=N–C) groups is 1. The van der Waals surface area contributed by atoms with E-state index in [9.17, 15) is 8.42 Å². The van der Waals surface area contributed by atoms with E-state index in [0.717, 1.165) is 57.0 Å². The lowest BCUT2D eigenvalue weighted by Gasteiger charge is -2.33. The molecule has 8 heteroatoms. The third kappa shape index (κ3) is 7.11. The second-order valence-corrected chi connectivity index (χ2v) is 10.5. The normalized spacial score (nSPS) is 16.5. The maximum atomic E-state index is 11.6. The van der Waals surface area contributed by atoms with E-state index in [1.54, 1.807) is 23.5 Å². The van der Waals surface area contributed by atoms with E-state index in [1.807, 2.05) is 12.1 Å². The van der Waals surface area contributed by atoms with Crippen LogP contribution in [0.25, 0.3) is 0 Å². The lowest BCUT2D eigenvalue weighted by Crippen LogP contribution is -2.48. The minimum Gasteiger partial charge on any atom is -0.357 e. The molecule has 1 aliphatic rings. The average molecular weight is 449 g/mol. The van der Waals surface area contributed by atoms with Crippen molar-refractivity contribution in [2.45, 2.75) is 43.7 Å². The lowest BCUT2D eigenvalue weighted by molar-refractivity contribution is 0.198. The van der Waals surface area contributed by atoms with Gasteiger partial charge < -0.3 is 10.6 Å². The quantitative estimate of drug-likeness (QED) is 0.480. The van der Waals surface area contributed by atoms with Crippen molar-refractivity contribution < 1.29 is 8.42 Å². The summed E-state index contributed by atoms with van der Waals surface area (Å²) in [6.07, 6.45) is 4.23. The van der Waals surface area contributed by atoms with Gasteiger partial charge in [-0.2, -0.15) is 11.3 Å². The second-order valence-electron chi connectivity index (χ2n) is 7.75. The monoisotopic (exact) mass is 448 g/mol. The molecule has 1 saturated heterocycles. The first-order chi connectivity index (χ1) is 14.4. The number of likely N-dealkylation sites (tertiary alicyclic amines) is 1. The van der Waals surface area contributed by atoms with Gasteiger partial charge >= 0.3 is 0 Å². The van der Waals surface area contributed by atoms with Crippen LogP contribution in [0.1, 0.15) is 30.9 Å². The fraction of sp³-hybridized carbons (Fsp3) is 0.500. The van der Waals surface area contributed by atoms with Crippen LogP contribution >= 0.6 is 11.3 Å². The van der Waals surface area contributed by atoms with Crippen molar-refractivity contribution in [3.63, 3.8) is 0 Å². The molecule has 0 radical (unpaired) electrons. The van der Waals surface area contributed by atoms with E-state index in [1.165, 1.54) is 11.8 Å². The minimum absolute atomic E-state index is 0.357.